The third-order valence-corrected chi connectivity index (χ3v) is 5.21. The van der Waals surface area contributed by atoms with Gasteiger partial charge in [0, 0.05) is 17.8 Å². The maximum atomic E-state index is 12.3. The quantitative estimate of drug-likeness (QED) is 0.884. The fraction of sp³-hybridized carbons (Fsp3) is 0.353. The lowest BCUT2D eigenvalue weighted by molar-refractivity contribution is -0.115. The van der Waals surface area contributed by atoms with Crippen LogP contribution in [0.5, 0.6) is 11.5 Å². The van der Waals surface area contributed by atoms with Gasteiger partial charge in [0.05, 0.1) is 25.8 Å². The van der Waals surface area contributed by atoms with Gasteiger partial charge in [0.2, 0.25) is 12.7 Å². The molecule has 2 amide bonds. The van der Waals surface area contributed by atoms with Crippen molar-refractivity contribution in [1.82, 2.24) is 9.88 Å². The maximum Gasteiger partial charge on any atom is 0.409 e. The van der Waals surface area contributed by atoms with Crippen molar-refractivity contribution < 1.29 is 23.8 Å². The average Bonchev–Trinajstić information content (AvgIpc) is 3.25. The monoisotopic (exact) mass is 375 g/mol. The molecule has 4 rings (SSSR count). The van der Waals surface area contributed by atoms with Crippen LogP contribution in [0.1, 0.15) is 16.1 Å². The van der Waals surface area contributed by atoms with E-state index in [9.17, 15) is 9.59 Å². The second-order valence-corrected chi connectivity index (χ2v) is 7.03. The first-order valence-electron chi connectivity index (χ1n) is 8.12. The number of amides is 2. The zero-order valence-electron chi connectivity index (χ0n) is 14.1. The number of aromatic nitrogens is 1. The van der Waals surface area contributed by atoms with Crippen molar-refractivity contribution in [3.8, 4) is 11.5 Å². The van der Waals surface area contributed by atoms with Gasteiger partial charge in [0.15, 0.2) is 16.6 Å². The van der Waals surface area contributed by atoms with Gasteiger partial charge in [-0.1, -0.05) is 17.4 Å². The van der Waals surface area contributed by atoms with Gasteiger partial charge in [-0.25, -0.2) is 9.78 Å². The minimum atomic E-state index is -0.350. The standard InChI is InChI=1S/C17H17N3O5S/c1-23-17(22)20-5-4-11-14(8-20)26-16(18-11)19-15(21)7-10-2-3-12-13(6-10)25-9-24-12/h2-3,6H,4-5,7-9H2,1H3,(H,18,19,21). The summed E-state index contributed by atoms with van der Waals surface area (Å²) in [5, 5.41) is 3.38. The lowest BCUT2D eigenvalue weighted by Crippen LogP contribution is -2.35. The van der Waals surface area contributed by atoms with Crippen LogP contribution in [0.4, 0.5) is 9.93 Å². The van der Waals surface area contributed by atoms with E-state index in [0.717, 1.165) is 16.1 Å². The van der Waals surface area contributed by atoms with Crippen LogP contribution in [0, 0.1) is 0 Å². The third-order valence-electron chi connectivity index (χ3n) is 4.21. The molecule has 2 aliphatic rings. The summed E-state index contributed by atoms with van der Waals surface area (Å²) in [7, 11) is 1.37. The molecule has 2 aliphatic heterocycles. The molecule has 0 radical (unpaired) electrons. The van der Waals surface area contributed by atoms with Crippen molar-refractivity contribution >= 4 is 28.5 Å². The van der Waals surface area contributed by atoms with Gasteiger partial charge in [-0.05, 0) is 17.7 Å². The molecule has 1 aromatic heterocycles. The molecule has 0 saturated heterocycles. The number of nitrogens with zero attached hydrogens (tertiary/aromatic N) is 2. The molecule has 0 bridgehead atoms. The number of carbonyl (C=O) groups excluding carboxylic acids is 2. The first kappa shape index (κ1) is 16.6. The topological polar surface area (TPSA) is 90.0 Å². The van der Waals surface area contributed by atoms with Crippen LogP contribution in [-0.4, -0.2) is 42.3 Å². The Morgan fingerprint density at radius 3 is 3.04 bits per heavy atom. The predicted octanol–water partition coefficient (Wildman–Crippen LogP) is 2.18. The number of ether oxygens (including phenoxy) is 3. The minimum Gasteiger partial charge on any atom is -0.454 e. The first-order chi connectivity index (χ1) is 12.6. The second kappa shape index (κ2) is 6.83. The third kappa shape index (κ3) is 3.30. The van der Waals surface area contributed by atoms with E-state index < -0.39 is 0 Å². The molecule has 0 spiro atoms. The highest BCUT2D eigenvalue weighted by Gasteiger charge is 2.25. The van der Waals surface area contributed by atoms with E-state index in [1.165, 1.54) is 18.4 Å². The Hall–Kier alpha value is -2.81. The number of thiazole rings is 1. The molecule has 0 unspecified atom stereocenters. The van der Waals surface area contributed by atoms with E-state index in [2.05, 4.69) is 10.3 Å². The summed E-state index contributed by atoms with van der Waals surface area (Å²) in [5.41, 5.74) is 1.76. The number of fused-ring (bicyclic) bond motifs is 2. The highest BCUT2D eigenvalue weighted by atomic mass is 32.1. The number of hydrogen-bond donors (Lipinski definition) is 1. The molecule has 0 aliphatic carbocycles. The van der Waals surface area contributed by atoms with Gasteiger partial charge >= 0.3 is 6.09 Å². The Balaban J connectivity index is 1.40. The smallest absolute Gasteiger partial charge is 0.409 e. The van der Waals surface area contributed by atoms with Crippen molar-refractivity contribution in [2.45, 2.75) is 19.4 Å². The van der Waals surface area contributed by atoms with Gasteiger partial charge in [0.1, 0.15) is 0 Å². The number of carbonyl (C=O) groups is 2. The molecule has 1 N–H and O–H groups in total. The SMILES string of the molecule is COC(=O)N1CCc2nc(NC(=O)Cc3ccc4c(c3)OCO4)sc2C1. The molecule has 136 valence electrons. The lowest BCUT2D eigenvalue weighted by atomic mass is 10.1. The summed E-state index contributed by atoms with van der Waals surface area (Å²) < 4.78 is 15.3. The summed E-state index contributed by atoms with van der Waals surface area (Å²) in [5.74, 6) is 1.19. The molecule has 8 nitrogen and oxygen atoms in total. The number of anilines is 1. The molecule has 3 heterocycles. The number of rotatable bonds is 3. The minimum absolute atomic E-state index is 0.153. The van der Waals surface area contributed by atoms with Gasteiger partial charge < -0.3 is 24.4 Å². The normalized spacial score (nSPS) is 14.7. The van der Waals surface area contributed by atoms with Crippen LogP contribution < -0.4 is 14.8 Å². The summed E-state index contributed by atoms with van der Waals surface area (Å²) >= 11 is 1.39. The summed E-state index contributed by atoms with van der Waals surface area (Å²) in [6.45, 7) is 1.23. The molecule has 0 saturated carbocycles. The summed E-state index contributed by atoms with van der Waals surface area (Å²) in [6, 6.07) is 5.45. The van der Waals surface area contributed by atoms with Crippen LogP contribution in [0.25, 0.3) is 0 Å². The summed E-state index contributed by atoms with van der Waals surface area (Å²) in [6.07, 6.45) is 0.520. The van der Waals surface area contributed by atoms with E-state index in [1.54, 1.807) is 11.0 Å². The number of benzene rings is 1. The fourth-order valence-corrected chi connectivity index (χ4v) is 3.97. The van der Waals surface area contributed by atoms with E-state index in [1.807, 2.05) is 12.1 Å². The molecule has 0 fully saturated rings. The van der Waals surface area contributed by atoms with E-state index in [0.29, 0.717) is 36.1 Å². The largest absolute Gasteiger partial charge is 0.454 e. The van der Waals surface area contributed by atoms with E-state index in [4.69, 9.17) is 14.2 Å². The van der Waals surface area contributed by atoms with Crippen molar-refractivity contribution in [2.75, 3.05) is 25.8 Å². The van der Waals surface area contributed by atoms with E-state index >= 15 is 0 Å². The Kier molecular flexibility index (Phi) is 4.37. The lowest BCUT2D eigenvalue weighted by Gasteiger charge is -2.24. The molecule has 1 aromatic carbocycles. The molecular formula is C17H17N3O5S. The van der Waals surface area contributed by atoms with Crippen LogP contribution in [0.3, 0.4) is 0 Å². The van der Waals surface area contributed by atoms with Gasteiger partial charge in [-0.3, -0.25) is 4.79 Å². The highest BCUT2D eigenvalue weighted by Crippen LogP contribution is 2.33. The average molecular weight is 375 g/mol. The zero-order valence-corrected chi connectivity index (χ0v) is 14.9. The van der Waals surface area contributed by atoms with E-state index in [-0.39, 0.29) is 25.2 Å². The Morgan fingerprint density at radius 1 is 1.35 bits per heavy atom. The van der Waals surface area contributed by atoms with Gasteiger partial charge in [-0.2, -0.15) is 0 Å². The van der Waals surface area contributed by atoms with Crippen molar-refractivity contribution in [3.05, 3.63) is 34.3 Å². The Bertz CT molecular complexity index is 866. The van der Waals surface area contributed by atoms with Crippen LogP contribution in [-0.2, 0) is 28.9 Å². The molecular weight excluding hydrogens is 358 g/mol. The second-order valence-electron chi connectivity index (χ2n) is 5.94. The van der Waals surface area contributed by atoms with Gasteiger partial charge in [0.25, 0.3) is 0 Å². The molecule has 26 heavy (non-hydrogen) atoms. The number of hydrogen-bond acceptors (Lipinski definition) is 7. The Morgan fingerprint density at radius 2 is 2.19 bits per heavy atom. The van der Waals surface area contributed by atoms with Crippen LogP contribution in [0.2, 0.25) is 0 Å². The number of nitrogens with one attached hydrogen (secondary N) is 1. The summed E-state index contributed by atoms with van der Waals surface area (Å²) in [4.78, 5) is 31.0. The fourth-order valence-electron chi connectivity index (χ4n) is 2.93. The van der Waals surface area contributed by atoms with Crippen LogP contribution in [0.15, 0.2) is 18.2 Å². The zero-order chi connectivity index (χ0) is 18.1. The molecule has 2 aromatic rings. The molecule has 0 atom stereocenters. The first-order valence-corrected chi connectivity index (χ1v) is 8.94. The number of methoxy groups -OCH3 is 1. The van der Waals surface area contributed by atoms with Crippen molar-refractivity contribution in [1.29, 1.82) is 0 Å². The van der Waals surface area contributed by atoms with Crippen LogP contribution >= 0.6 is 11.3 Å². The van der Waals surface area contributed by atoms with Crippen molar-refractivity contribution in [3.63, 3.8) is 0 Å². The van der Waals surface area contributed by atoms with Gasteiger partial charge in [-0.15, -0.1) is 0 Å². The Labute approximate surface area is 153 Å². The highest BCUT2D eigenvalue weighted by molar-refractivity contribution is 7.15. The molecule has 9 heteroatoms. The maximum absolute atomic E-state index is 12.3. The predicted molar refractivity (Wildman–Crippen MR) is 93.5 cm³/mol. The van der Waals surface area contributed by atoms with Crippen molar-refractivity contribution in [2.24, 2.45) is 0 Å².